The highest BCUT2D eigenvalue weighted by Gasteiger charge is 2.42. The summed E-state index contributed by atoms with van der Waals surface area (Å²) in [5.74, 6) is 2.98. The number of pyridine rings is 2. The van der Waals surface area contributed by atoms with Gasteiger partial charge < -0.3 is 24.4 Å². The summed E-state index contributed by atoms with van der Waals surface area (Å²) in [5, 5.41) is 4.62. The number of nitrogens with zero attached hydrogens (tertiary/aromatic N) is 4. The van der Waals surface area contributed by atoms with Crippen molar-refractivity contribution in [1.82, 2.24) is 25.1 Å². The maximum atomic E-state index is 14.3. The third kappa shape index (κ3) is 5.28. The van der Waals surface area contributed by atoms with Crippen molar-refractivity contribution in [3.63, 3.8) is 0 Å². The molecule has 3 unspecified atom stereocenters. The molecule has 9 heteroatoms. The van der Waals surface area contributed by atoms with Crippen molar-refractivity contribution >= 4 is 16.9 Å². The van der Waals surface area contributed by atoms with E-state index in [2.05, 4.69) is 15.2 Å². The van der Waals surface area contributed by atoms with Crippen LogP contribution in [0.4, 0.5) is 0 Å². The van der Waals surface area contributed by atoms with Crippen molar-refractivity contribution in [2.24, 2.45) is 17.8 Å². The van der Waals surface area contributed by atoms with E-state index in [9.17, 15) is 4.79 Å². The van der Waals surface area contributed by atoms with Crippen LogP contribution >= 0.6 is 0 Å². The molecule has 3 atom stereocenters. The van der Waals surface area contributed by atoms with E-state index in [-0.39, 0.29) is 5.91 Å². The predicted molar refractivity (Wildman–Crippen MR) is 160 cm³/mol. The first-order chi connectivity index (χ1) is 20.4. The molecule has 0 radical (unpaired) electrons. The number of amides is 1. The van der Waals surface area contributed by atoms with Gasteiger partial charge in [-0.3, -0.25) is 9.69 Å². The van der Waals surface area contributed by atoms with Gasteiger partial charge in [-0.2, -0.15) is 0 Å². The minimum atomic E-state index is -0.822. The Morgan fingerprint density at radius 2 is 1.98 bits per heavy atom. The lowest BCUT2D eigenvalue weighted by atomic mass is 9.85. The molecule has 1 aromatic carbocycles. The molecule has 0 spiro atoms. The normalized spacial score (nSPS) is 26.1. The summed E-state index contributed by atoms with van der Waals surface area (Å²) >= 11 is 0. The highest BCUT2D eigenvalue weighted by molar-refractivity contribution is 5.95. The summed E-state index contributed by atoms with van der Waals surface area (Å²) in [6, 6.07) is 11.8. The van der Waals surface area contributed by atoms with Crippen LogP contribution in [0.15, 0.2) is 42.6 Å². The molecule has 2 saturated heterocycles. The summed E-state index contributed by atoms with van der Waals surface area (Å²) in [7, 11) is 1.59. The molecule has 1 N–H and O–H groups in total. The zero-order valence-electron chi connectivity index (χ0n) is 24.8. The lowest BCUT2D eigenvalue weighted by Gasteiger charge is -2.37. The van der Waals surface area contributed by atoms with Crippen molar-refractivity contribution in [1.29, 1.82) is 0 Å². The van der Waals surface area contributed by atoms with Gasteiger partial charge in [-0.1, -0.05) is 0 Å². The third-order valence-corrected chi connectivity index (χ3v) is 9.66. The molecular formula is C33H41N5O4. The second-order valence-electron chi connectivity index (χ2n) is 12.9. The van der Waals surface area contributed by atoms with Crippen molar-refractivity contribution in [3.05, 3.63) is 53.9 Å². The Labute approximate surface area is 247 Å². The SMILES string of the molecule is COc1cc(C(=O)N(Cc2ccc3cccnc3n2)CC2CCCN2CC2C3CCC2CNC3)cc2c1OC(C)(C)O2. The van der Waals surface area contributed by atoms with E-state index in [1.165, 1.54) is 12.8 Å². The molecule has 222 valence electrons. The van der Waals surface area contributed by atoms with E-state index in [1.54, 1.807) is 25.4 Å². The molecule has 9 nitrogen and oxygen atoms in total. The van der Waals surface area contributed by atoms with Gasteiger partial charge >= 0.3 is 0 Å². The Bertz CT molecular complexity index is 1460. The van der Waals surface area contributed by atoms with Crippen LogP contribution in [0.25, 0.3) is 11.0 Å². The molecule has 1 aliphatic carbocycles. The lowest BCUT2D eigenvalue weighted by molar-refractivity contribution is -0.0439. The summed E-state index contributed by atoms with van der Waals surface area (Å²) in [4.78, 5) is 28.2. The number of aromatic nitrogens is 2. The molecular weight excluding hydrogens is 530 g/mol. The van der Waals surface area contributed by atoms with Gasteiger partial charge in [0.1, 0.15) is 0 Å². The van der Waals surface area contributed by atoms with Gasteiger partial charge in [0, 0.05) is 50.1 Å². The van der Waals surface area contributed by atoms with Gasteiger partial charge in [0.05, 0.1) is 19.3 Å². The minimum absolute atomic E-state index is 0.0684. The number of hydrogen-bond acceptors (Lipinski definition) is 8. The van der Waals surface area contributed by atoms with Crippen LogP contribution in [0.1, 0.15) is 55.6 Å². The largest absolute Gasteiger partial charge is 0.493 e. The predicted octanol–water partition coefficient (Wildman–Crippen LogP) is 4.50. The first-order valence-corrected chi connectivity index (χ1v) is 15.4. The number of carbonyl (C=O) groups excluding carboxylic acids is 1. The number of carbonyl (C=O) groups is 1. The molecule has 2 bridgehead atoms. The Kier molecular flexibility index (Phi) is 7.18. The van der Waals surface area contributed by atoms with Crippen molar-refractivity contribution in [2.45, 2.75) is 57.9 Å². The standard InChI is InChI=1S/C33H41N5O4/c1-33(2)41-29-15-24(14-28(40-3)30(29)42-33)32(39)38(18-25-11-10-21-6-4-12-35-31(21)36-25)19-26-7-5-13-37(26)20-27-22-8-9-23(27)17-34-16-22/h4,6,10-12,14-15,22-23,26-27,34H,5,7-9,13,16-20H2,1-3H3. The van der Waals surface area contributed by atoms with Gasteiger partial charge in [-0.15, -0.1) is 0 Å². The van der Waals surface area contributed by atoms with Crippen LogP contribution in [0.2, 0.25) is 0 Å². The fourth-order valence-electron chi connectivity index (χ4n) is 7.61. The van der Waals surface area contributed by atoms with Gasteiger partial charge in [0.25, 0.3) is 5.91 Å². The summed E-state index contributed by atoms with van der Waals surface area (Å²) in [6.45, 7) is 9.27. The summed E-state index contributed by atoms with van der Waals surface area (Å²) in [6.07, 6.45) is 6.70. The van der Waals surface area contributed by atoms with Crippen LogP contribution < -0.4 is 19.5 Å². The van der Waals surface area contributed by atoms with Gasteiger partial charge in [-0.25, -0.2) is 9.97 Å². The smallest absolute Gasteiger partial charge is 0.254 e. The maximum absolute atomic E-state index is 14.3. The first-order valence-electron chi connectivity index (χ1n) is 15.4. The monoisotopic (exact) mass is 571 g/mol. The van der Waals surface area contributed by atoms with E-state index in [0.29, 0.717) is 47.6 Å². The Morgan fingerprint density at radius 3 is 2.79 bits per heavy atom. The second-order valence-corrected chi connectivity index (χ2v) is 12.9. The molecule has 4 aliphatic rings. The van der Waals surface area contributed by atoms with Gasteiger partial charge in [0.2, 0.25) is 11.5 Å². The lowest BCUT2D eigenvalue weighted by Crippen LogP contribution is -2.48. The Hall–Kier alpha value is -3.43. The summed E-state index contributed by atoms with van der Waals surface area (Å²) in [5.41, 5.74) is 2.04. The van der Waals surface area contributed by atoms with E-state index in [0.717, 1.165) is 67.9 Å². The molecule has 1 amide bonds. The Balaban J connectivity index is 1.17. The molecule has 2 aromatic heterocycles. The van der Waals surface area contributed by atoms with Crippen molar-refractivity contribution in [2.75, 3.05) is 39.8 Å². The fraction of sp³-hybridized carbons (Fsp3) is 0.545. The fourth-order valence-corrected chi connectivity index (χ4v) is 7.61. The number of fused-ring (bicyclic) bond motifs is 4. The van der Waals surface area contributed by atoms with E-state index < -0.39 is 5.79 Å². The number of methoxy groups -OCH3 is 1. The first kappa shape index (κ1) is 27.4. The maximum Gasteiger partial charge on any atom is 0.254 e. The van der Waals surface area contributed by atoms with Crippen LogP contribution in [0.3, 0.4) is 0 Å². The average Bonchev–Trinajstić information content (AvgIpc) is 3.62. The number of nitrogens with one attached hydrogen (secondary N) is 1. The topological polar surface area (TPSA) is 89.1 Å². The van der Waals surface area contributed by atoms with Crippen LogP contribution in [-0.2, 0) is 6.54 Å². The number of ether oxygens (including phenoxy) is 3. The molecule has 3 aliphatic heterocycles. The van der Waals surface area contributed by atoms with Crippen LogP contribution in [0, 0.1) is 17.8 Å². The number of likely N-dealkylation sites (tertiary alicyclic amines) is 1. The molecule has 5 heterocycles. The highest BCUT2D eigenvalue weighted by Crippen LogP contribution is 2.47. The third-order valence-electron chi connectivity index (χ3n) is 9.66. The zero-order valence-corrected chi connectivity index (χ0v) is 24.8. The Morgan fingerprint density at radius 1 is 1.14 bits per heavy atom. The van der Waals surface area contributed by atoms with Crippen LogP contribution in [-0.4, -0.2) is 77.3 Å². The van der Waals surface area contributed by atoms with Crippen molar-refractivity contribution in [3.8, 4) is 17.2 Å². The number of benzene rings is 1. The molecule has 1 saturated carbocycles. The molecule has 3 aromatic rings. The number of hydrogen-bond donors (Lipinski definition) is 1. The summed E-state index contributed by atoms with van der Waals surface area (Å²) < 4.78 is 17.6. The van der Waals surface area contributed by atoms with Crippen LogP contribution in [0.5, 0.6) is 17.2 Å². The van der Waals surface area contributed by atoms with Gasteiger partial charge in [0.15, 0.2) is 17.1 Å². The zero-order chi connectivity index (χ0) is 28.8. The van der Waals surface area contributed by atoms with Crippen molar-refractivity contribution < 1.29 is 19.0 Å². The molecule has 7 rings (SSSR count). The van der Waals surface area contributed by atoms with E-state index in [4.69, 9.17) is 19.2 Å². The minimum Gasteiger partial charge on any atom is -0.493 e. The van der Waals surface area contributed by atoms with Gasteiger partial charge in [-0.05, 0) is 99.5 Å². The number of rotatable bonds is 8. The average molecular weight is 572 g/mol. The molecule has 3 fully saturated rings. The highest BCUT2D eigenvalue weighted by atomic mass is 16.7. The second kappa shape index (κ2) is 11.0. The molecule has 42 heavy (non-hydrogen) atoms. The quantitative estimate of drug-likeness (QED) is 0.423. The van der Waals surface area contributed by atoms with E-state index in [1.807, 2.05) is 43.0 Å². The van der Waals surface area contributed by atoms with E-state index >= 15 is 0 Å². The number of piperidine rings is 1.